The highest BCUT2D eigenvalue weighted by Gasteiger charge is 2.31. The number of rotatable bonds is 6. The molecule has 136 valence electrons. The Hall–Kier alpha value is -1.22. The van der Waals surface area contributed by atoms with Crippen molar-refractivity contribution in [3.8, 4) is 0 Å². The van der Waals surface area contributed by atoms with Gasteiger partial charge in [0.2, 0.25) is 11.8 Å². The zero-order valence-corrected chi connectivity index (χ0v) is 14.2. The van der Waals surface area contributed by atoms with Gasteiger partial charge in [0, 0.05) is 58.2 Å². The summed E-state index contributed by atoms with van der Waals surface area (Å²) < 4.78 is 10.7. The van der Waals surface area contributed by atoms with Crippen LogP contribution in [0.3, 0.4) is 0 Å². The molecule has 0 radical (unpaired) electrons. The van der Waals surface area contributed by atoms with Gasteiger partial charge in [0.1, 0.15) is 0 Å². The molecule has 0 bridgehead atoms. The maximum atomic E-state index is 12.1. The summed E-state index contributed by atoms with van der Waals surface area (Å²) in [6, 6.07) is 0.00692. The van der Waals surface area contributed by atoms with Crippen LogP contribution in [0.15, 0.2) is 0 Å². The normalized spacial score (nSPS) is 29.0. The van der Waals surface area contributed by atoms with E-state index in [1.165, 1.54) is 0 Å². The van der Waals surface area contributed by atoms with Gasteiger partial charge in [0.25, 0.3) is 0 Å². The van der Waals surface area contributed by atoms with Crippen molar-refractivity contribution < 1.29 is 19.1 Å². The number of ether oxygens (including phenoxy) is 2. The fourth-order valence-electron chi connectivity index (χ4n) is 3.43. The smallest absolute Gasteiger partial charge is 0.224 e. The Kier molecular flexibility index (Phi) is 6.42. The molecule has 3 aliphatic rings. The van der Waals surface area contributed by atoms with Crippen LogP contribution in [0.25, 0.3) is 0 Å². The first-order valence-corrected chi connectivity index (χ1v) is 8.89. The third kappa shape index (κ3) is 5.14. The average molecular weight is 340 g/mol. The van der Waals surface area contributed by atoms with Crippen LogP contribution in [0.4, 0.5) is 0 Å². The molecule has 0 spiro atoms. The van der Waals surface area contributed by atoms with Gasteiger partial charge in [-0.1, -0.05) is 0 Å². The molecule has 0 saturated carbocycles. The Morgan fingerprint density at radius 1 is 1.21 bits per heavy atom. The van der Waals surface area contributed by atoms with E-state index in [1.54, 1.807) is 0 Å². The predicted molar refractivity (Wildman–Crippen MR) is 87.6 cm³/mol. The maximum absolute atomic E-state index is 12.1. The molecule has 0 aromatic carbocycles. The summed E-state index contributed by atoms with van der Waals surface area (Å²) in [7, 11) is 0. The molecule has 3 aliphatic heterocycles. The van der Waals surface area contributed by atoms with E-state index in [-0.39, 0.29) is 23.9 Å². The molecule has 0 aromatic rings. The number of nitrogens with one attached hydrogen (secondary N) is 2. The van der Waals surface area contributed by atoms with E-state index < -0.39 is 0 Å². The minimum atomic E-state index is -0.0702. The Morgan fingerprint density at radius 3 is 2.79 bits per heavy atom. The van der Waals surface area contributed by atoms with Crippen molar-refractivity contribution in [1.82, 2.24) is 20.4 Å². The zero-order chi connectivity index (χ0) is 16.8. The van der Waals surface area contributed by atoms with Gasteiger partial charge in [-0.2, -0.15) is 0 Å². The van der Waals surface area contributed by atoms with E-state index in [1.807, 2.05) is 4.90 Å². The molecule has 3 fully saturated rings. The quantitative estimate of drug-likeness (QED) is 0.607. The van der Waals surface area contributed by atoms with Crippen LogP contribution in [0, 0.1) is 0 Å². The van der Waals surface area contributed by atoms with Crippen LogP contribution in [0.5, 0.6) is 0 Å². The third-order valence-electron chi connectivity index (χ3n) is 4.80. The predicted octanol–water partition coefficient (Wildman–Crippen LogP) is -1.59. The van der Waals surface area contributed by atoms with Crippen molar-refractivity contribution in [2.75, 3.05) is 65.7 Å². The molecular formula is C16H28N4O4. The van der Waals surface area contributed by atoms with Crippen LogP contribution in [0.2, 0.25) is 0 Å². The summed E-state index contributed by atoms with van der Waals surface area (Å²) in [4.78, 5) is 28.4. The lowest BCUT2D eigenvalue weighted by atomic mass is 10.1. The first kappa shape index (κ1) is 17.6. The molecule has 2 atom stereocenters. The molecule has 2 amide bonds. The summed E-state index contributed by atoms with van der Waals surface area (Å²) in [5.74, 6) is 0.124. The van der Waals surface area contributed by atoms with Crippen molar-refractivity contribution >= 4 is 11.8 Å². The minimum Gasteiger partial charge on any atom is -0.379 e. The number of hydrogen-bond donors (Lipinski definition) is 2. The van der Waals surface area contributed by atoms with Crippen molar-refractivity contribution in [3.63, 3.8) is 0 Å². The Balaban J connectivity index is 1.36. The second-order valence-electron chi connectivity index (χ2n) is 6.69. The molecular weight excluding hydrogens is 312 g/mol. The largest absolute Gasteiger partial charge is 0.379 e. The first-order chi connectivity index (χ1) is 11.7. The Labute approximate surface area is 142 Å². The van der Waals surface area contributed by atoms with Crippen LogP contribution >= 0.6 is 0 Å². The topological polar surface area (TPSA) is 83.1 Å². The summed E-state index contributed by atoms with van der Waals surface area (Å²) in [6.07, 6.45) is 0.807. The molecule has 3 rings (SSSR count). The summed E-state index contributed by atoms with van der Waals surface area (Å²) >= 11 is 0. The number of likely N-dealkylation sites (tertiary alicyclic amines) is 1. The standard InChI is InChI=1S/C16H28N4O4/c21-15(9-14-12-24-6-1-17-14)18-13-10-16(22)20(11-13)3-2-19-4-7-23-8-5-19/h13-14,17H,1-12H2,(H,18,21). The Morgan fingerprint density at radius 2 is 2.04 bits per heavy atom. The molecule has 8 nitrogen and oxygen atoms in total. The summed E-state index contributed by atoms with van der Waals surface area (Å²) in [6.45, 7) is 7.67. The van der Waals surface area contributed by atoms with Crippen molar-refractivity contribution in [1.29, 1.82) is 0 Å². The number of morpholine rings is 2. The molecule has 3 heterocycles. The molecule has 24 heavy (non-hydrogen) atoms. The number of nitrogens with zero attached hydrogens (tertiary/aromatic N) is 2. The van der Waals surface area contributed by atoms with Crippen molar-refractivity contribution in [2.24, 2.45) is 0 Å². The molecule has 8 heteroatoms. The molecule has 0 aromatic heterocycles. The highest BCUT2D eigenvalue weighted by atomic mass is 16.5. The van der Waals surface area contributed by atoms with E-state index in [4.69, 9.17) is 9.47 Å². The van der Waals surface area contributed by atoms with Crippen molar-refractivity contribution in [2.45, 2.75) is 24.9 Å². The minimum absolute atomic E-state index is 0.00849. The summed E-state index contributed by atoms with van der Waals surface area (Å²) in [5, 5.41) is 6.26. The van der Waals surface area contributed by atoms with Crippen LogP contribution in [-0.4, -0.2) is 99.4 Å². The van der Waals surface area contributed by atoms with E-state index in [9.17, 15) is 9.59 Å². The summed E-state index contributed by atoms with van der Waals surface area (Å²) in [5.41, 5.74) is 0. The molecule has 3 saturated heterocycles. The highest BCUT2D eigenvalue weighted by Crippen LogP contribution is 2.12. The molecule has 2 N–H and O–H groups in total. The van der Waals surface area contributed by atoms with Crippen molar-refractivity contribution in [3.05, 3.63) is 0 Å². The first-order valence-electron chi connectivity index (χ1n) is 8.89. The van der Waals surface area contributed by atoms with Gasteiger partial charge in [-0.15, -0.1) is 0 Å². The average Bonchev–Trinajstić information content (AvgIpc) is 2.94. The SMILES string of the molecule is O=C(CC1COCCN1)NC1CC(=O)N(CCN2CCOCC2)C1. The molecule has 2 unspecified atom stereocenters. The van der Waals surface area contributed by atoms with Gasteiger partial charge in [-0.25, -0.2) is 0 Å². The van der Waals surface area contributed by atoms with E-state index in [2.05, 4.69) is 15.5 Å². The molecule has 0 aliphatic carbocycles. The fraction of sp³-hybridized carbons (Fsp3) is 0.875. The van der Waals surface area contributed by atoms with Crippen LogP contribution < -0.4 is 10.6 Å². The number of hydrogen-bond acceptors (Lipinski definition) is 6. The number of carbonyl (C=O) groups excluding carboxylic acids is 2. The van der Waals surface area contributed by atoms with Gasteiger partial charge in [-0.05, 0) is 0 Å². The van der Waals surface area contributed by atoms with E-state index in [0.29, 0.717) is 32.6 Å². The lowest BCUT2D eigenvalue weighted by Crippen LogP contribution is -2.46. The third-order valence-corrected chi connectivity index (χ3v) is 4.80. The van der Waals surface area contributed by atoms with Crippen LogP contribution in [-0.2, 0) is 19.1 Å². The lowest BCUT2D eigenvalue weighted by molar-refractivity contribution is -0.128. The van der Waals surface area contributed by atoms with Gasteiger partial charge < -0.3 is 25.0 Å². The monoisotopic (exact) mass is 340 g/mol. The second-order valence-corrected chi connectivity index (χ2v) is 6.69. The van der Waals surface area contributed by atoms with Gasteiger partial charge in [-0.3, -0.25) is 14.5 Å². The lowest BCUT2D eigenvalue weighted by Gasteiger charge is -2.28. The Bertz CT molecular complexity index is 436. The zero-order valence-electron chi connectivity index (χ0n) is 14.2. The highest BCUT2D eigenvalue weighted by molar-refractivity contribution is 5.82. The fourth-order valence-corrected chi connectivity index (χ4v) is 3.43. The maximum Gasteiger partial charge on any atom is 0.224 e. The van der Waals surface area contributed by atoms with Gasteiger partial charge in [0.05, 0.1) is 32.5 Å². The van der Waals surface area contributed by atoms with E-state index in [0.717, 1.165) is 45.9 Å². The number of amides is 2. The van der Waals surface area contributed by atoms with Crippen LogP contribution in [0.1, 0.15) is 12.8 Å². The second kappa shape index (κ2) is 8.75. The van der Waals surface area contributed by atoms with E-state index >= 15 is 0 Å². The van der Waals surface area contributed by atoms with Gasteiger partial charge in [0.15, 0.2) is 0 Å². The number of carbonyl (C=O) groups is 2. The van der Waals surface area contributed by atoms with Gasteiger partial charge >= 0.3 is 0 Å².